The molecule has 1 aromatic rings. The van der Waals surface area contributed by atoms with Crippen LogP contribution in [-0.4, -0.2) is 25.2 Å². The van der Waals surface area contributed by atoms with E-state index in [0.717, 1.165) is 0 Å². The Hall–Kier alpha value is -0.940. The molecule has 17 heavy (non-hydrogen) atoms. The summed E-state index contributed by atoms with van der Waals surface area (Å²) in [6.07, 6.45) is 0.132. The number of hydrogen-bond acceptors (Lipinski definition) is 2. The van der Waals surface area contributed by atoms with E-state index in [0.29, 0.717) is 13.2 Å². The van der Waals surface area contributed by atoms with Crippen LogP contribution >= 0.6 is 15.9 Å². The molecule has 1 rings (SSSR count). The summed E-state index contributed by atoms with van der Waals surface area (Å²) in [5, 5.41) is 2.66. The topological polar surface area (TPSA) is 38.3 Å². The van der Waals surface area contributed by atoms with Gasteiger partial charge in [-0.2, -0.15) is 0 Å². The third kappa shape index (κ3) is 4.44. The summed E-state index contributed by atoms with van der Waals surface area (Å²) in [6.45, 7) is 4.69. The third-order valence-electron chi connectivity index (χ3n) is 2.04. The van der Waals surface area contributed by atoms with Crippen molar-refractivity contribution in [3.63, 3.8) is 0 Å². The fraction of sp³-hybridized carbons (Fsp3) is 0.417. The van der Waals surface area contributed by atoms with Crippen molar-refractivity contribution in [1.82, 2.24) is 5.32 Å². The molecule has 0 heterocycles. The third-order valence-corrected chi connectivity index (χ3v) is 2.84. The number of hydrogen-bond donors (Lipinski definition) is 1. The van der Waals surface area contributed by atoms with Gasteiger partial charge in [-0.25, -0.2) is 4.39 Å². The molecule has 5 heteroatoms. The molecule has 0 aromatic heterocycles. The minimum absolute atomic E-state index is 0.132. The second kappa shape index (κ2) is 6.71. The van der Waals surface area contributed by atoms with Crippen molar-refractivity contribution in [2.24, 2.45) is 0 Å². The van der Waals surface area contributed by atoms with Crippen LogP contribution in [0.3, 0.4) is 0 Å². The Morgan fingerprint density at radius 2 is 2.24 bits per heavy atom. The van der Waals surface area contributed by atoms with E-state index in [4.69, 9.17) is 4.74 Å². The van der Waals surface area contributed by atoms with Crippen LogP contribution in [-0.2, 0) is 4.74 Å². The Balaban J connectivity index is 2.50. The molecule has 0 saturated heterocycles. The summed E-state index contributed by atoms with van der Waals surface area (Å²) in [4.78, 5) is 11.7. The lowest BCUT2D eigenvalue weighted by molar-refractivity contribution is 0.0746. The maximum atomic E-state index is 13.2. The van der Waals surface area contributed by atoms with Crippen LogP contribution in [0.25, 0.3) is 0 Å². The Morgan fingerprint density at radius 1 is 1.53 bits per heavy atom. The predicted molar refractivity (Wildman–Crippen MR) is 67.5 cm³/mol. The summed E-state index contributed by atoms with van der Waals surface area (Å²) >= 11 is 3.05. The Labute approximate surface area is 108 Å². The van der Waals surface area contributed by atoms with Crippen LogP contribution < -0.4 is 5.32 Å². The summed E-state index contributed by atoms with van der Waals surface area (Å²) in [7, 11) is 0. The van der Waals surface area contributed by atoms with Crippen molar-refractivity contribution in [1.29, 1.82) is 0 Å². The quantitative estimate of drug-likeness (QED) is 0.850. The van der Waals surface area contributed by atoms with Crippen molar-refractivity contribution in [2.75, 3.05) is 13.2 Å². The van der Waals surface area contributed by atoms with Crippen molar-refractivity contribution in [2.45, 2.75) is 20.0 Å². The van der Waals surface area contributed by atoms with E-state index in [1.54, 1.807) is 6.07 Å². The van der Waals surface area contributed by atoms with Crippen LogP contribution in [0.1, 0.15) is 24.2 Å². The molecule has 0 aliphatic rings. The molecule has 0 atom stereocenters. The smallest absolute Gasteiger partial charge is 0.252 e. The van der Waals surface area contributed by atoms with Gasteiger partial charge >= 0.3 is 0 Å². The van der Waals surface area contributed by atoms with Gasteiger partial charge in [0.2, 0.25) is 0 Å². The molecule has 1 aromatic carbocycles. The molecule has 0 radical (unpaired) electrons. The molecule has 0 aliphatic carbocycles. The van der Waals surface area contributed by atoms with Gasteiger partial charge < -0.3 is 10.1 Å². The first-order valence-corrected chi connectivity index (χ1v) is 6.15. The summed E-state index contributed by atoms with van der Waals surface area (Å²) < 4.78 is 18.6. The zero-order valence-electron chi connectivity index (χ0n) is 9.80. The molecule has 0 saturated carbocycles. The van der Waals surface area contributed by atoms with E-state index in [-0.39, 0.29) is 22.0 Å². The maximum Gasteiger partial charge on any atom is 0.252 e. The molecule has 1 amide bonds. The van der Waals surface area contributed by atoms with Crippen LogP contribution in [0.4, 0.5) is 4.39 Å². The second-order valence-corrected chi connectivity index (χ2v) is 4.57. The van der Waals surface area contributed by atoms with Crippen LogP contribution in [0, 0.1) is 5.82 Å². The standard InChI is InChI=1S/C12H15BrFNO2/c1-8(2)17-7-6-15-12(16)9-4-3-5-10(14)11(9)13/h3-5,8H,6-7H2,1-2H3,(H,15,16). The molecule has 0 aliphatic heterocycles. The summed E-state index contributed by atoms with van der Waals surface area (Å²) in [5.41, 5.74) is 0.287. The molecule has 0 unspecified atom stereocenters. The van der Waals surface area contributed by atoms with Crippen molar-refractivity contribution in [3.8, 4) is 0 Å². The predicted octanol–water partition coefficient (Wildman–Crippen LogP) is 2.74. The fourth-order valence-electron chi connectivity index (χ4n) is 1.23. The van der Waals surface area contributed by atoms with E-state index >= 15 is 0 Å². The highest BCUT2D eigenvalue weighted by molar-refractivity contribution is 9.10. The van der Waals surface area contributed by atoms with E-state index in [2.05, 4.69) is 21.2 Å². The second-order valence-electron chi connectivity index (χ2n) is 3.78. The molecular formula is C12H15BrFNO2. The number of amides is 1. The van der Waals surface area contributed by atoms with E-state index < -0.39 is 5.82 Å². The number of carbonyl (C=O) groups is 1. The summed E-state index contributed by atoms with van der Waals surface area (Å²) in [6, 6.07) is 4.36. The SMILES string of the molecule is CC(C)OCCNC(=O)c1cccc(F)c1Br. The van der Waals surface area contributed by atoms with Crippen LogP contribution in [0.15, 0.2) is 22.7 Å². The molecule has 0 fully saturated rings. The molecular weight excluding hydrogens is 289 g/mol. The highest BCUT2D eigenvalue weighted by Crippen LogP contribution is 2.19. The van der Waals surface area contributed by atoms with Crippen molar-refractivity contribution in [3.05, 3.63) is 34.1 Å². The molecule has 3 nitrogen and oxygen atoms in total. The van der Waals surface area contributed by atoms with Gasteiger partial charge in [0.25, 0.3) is 5.91 Å². The first-order valence-electron chi connectivity index (χ1n) is 5.36. The largest absolute Gasteiger partial charge is 0.377 e. The number of carbonyl (C=O) groups excluding carboxylic acids is 1. The van der Waals surface area contributed by atoms with Gasteiger partial charge in [0.05, 0.1) is 22.7 Å². The van der Waals surface area contributed by atoms with E-state index in [1.165, 1.54) is 12.1 Å². The maximum absolute atomic E-state index is 13.2. The number of halogens is 2. The van der Waals surface area contributed by atoms with Crippen LogP contribution in [0.2, 0.25) is 0 Å². The Bertz CT molecular complexity index is 396. The van der Waals surface area contributed by atoms with Gasteiger partial charge in [0, 0.05) is 6.54 Å². The molecule has 94 valence electrons. The van der Waals surface area contributed by atoms with Gasteiger partial charge in [-0.3, -0.25) is 4.79 Å². The lowest BCUT2D eigenvalue weighted by atomic mass is 10.2. The van der Waals surface area contributed by atoms with Crippen molar-refractivity contribution >= 4 is 21.8 Å². The number of rotatable bonds is 5. The van der Waals surface area contributed by atoms with Crippen molar-refractivity contribution < 1.29 is 13.9 Å². The average molecular weight is 304 g/mol. The monoisotopic (exact) mass is 303 g/mol. The van der Waals surface area contributed by atoms with Crippen LogP contribution in [0.5, 0.6) is 0 Å². The normalized spacial score (nSPS) is 10.6. The number of nitrogens with one attached hydrogen (secondary N) is 1. The van der Waals surface area contributed by atoms with E-state index in [9.17, 15) is 9.18 Å². The highest BCUT2D eigenvalue weighted by atomic mass is 79.9. The number of benzene rings is 1. The first kappa shape index (κ1) is 14.1. The van der Waals surface area contributed by atoms with Gasteiger partial charge in [-0.05, 0) is 41.9 Å². The fourth-order valence-corrected chi connectivity index (χ4v) is 1.68. The van der Waals surface area contributed by atoms with Gasteiger partial charge in [-0.1, -0.05) is 6.07 Å². The van der Waals surface area contributed by atoms with Gasteiger partial charge in [0.15, 0.2) is 0 Å². The first-order chi connectivity index (χ1) is 8.02. The van der Waals surface area contributed by atoms with E-state index in [1.807, 2.05) is 13.8 Å². The zero-order chi connectivity index (χ0) is 12.8. The Kier molecular flexibility index (Phi) is 5.58. The minimum Gasteiger partial charge on any atom is -0.377 e. The van der Waals surface area contributed by atoms with Gasteiger partial charge in [-0.15, -0.1) is 0 Å². The highest BCUT2D eigenvalue weighted by Gasteiger charge is 2.12. The lowest BCUT2D eigenvalue weighted by Crippen LogP contribution is -2.28. The lowest BCUT2D eigenvalue weighted by Gasteiger charge is -2.09. The Morgan fingerprint density at radius 3 is 2.88 bits per heavy atom. The molecule has 1 N–H and O–H groups in total. The van der Waals surface area contributed by atoms with Gasteiger partial charge in [0.1, 0.15) is 5.82 Å². The minimum atomic E-state index is -0.448. The average Bonchev–Trinajstić information content (AvgIpc) is 2.27. The molecule has 0 bridgehead atoms. The number of ether oxygens (including phenoxy) is 1. The molecule has 0 spiro atoms. The zero-order valence-corrected chi connectivity index (χ0v) is 11.4. The summed E-state index contributed by atoms with van der Waals surface area (Å²) in [5.74, 6) is -0.764.